The van der Waals surface area contributed by atoms with E-state index in [9.17, 15) is 14.0 Å². The second-order valence-electron chi connectivity index (χ2n) is 2.99. The number of methoxy groups -OCH3 is 1. The van der Waals surface area contributed by atoms with Gasteiger partial charge in [-0.2, -0.15) is 0 Å². The lowest BCUT2D eigenvalue weighted by atomic mass is 10.3. The van der Waals surface area contributed by atoms with Gasteiger partial charge in [0.05, 0.1) is 17.8 Å². The molecule has 1 aromatic heterocycles. The molecule has 84 valence electrons. The van der Waals surface area contributed by atoms with Crippen molar-refractivity contribution in [3.63, 3.8) is 0 Å². The number of nitrogens with one attached hydrogen (secondary N) is 1. The number of rotatable bonds is 1. The Bertz CT molecular complexity index is 478. The Labute approximate surface area is 94.4 Å². The summed E-state index contributed by atoms with van der Waals surface area (Å²) in [4.78, 5) is 26.5. The molecule has 1 aliphatic heterocycles. The number of hydrogen-bond donors (Lipinski definition) is 1. The largest absolute Gasteiger partial charge is 0.464 e. The second-order valence-corrected chi connectivity index (χ2v) is 4.01. The molecule has 0 saturated carbocycles. The number of hydrogen-bond acceptors (Lipinski definition) is 5. The monoisotopic (exact) mass is 242 g/mol. The van der Waals surface area contributed by atoms with E-state index < -0.39 is 17.5 Å². The van der Waals surface area contributed by atoms with Crippen LogP contribution >= 0.6 is 11.8 Å². The number of carbonyl (C=O) groups is 2. The van der Waals surface area contributed by atoms with E-state index >= 15 is 0 Å². The molecule has 0 aliphatic carbocycles. The lowest BCUT2D eigenvalue weighted by Gasteiger charge is -2.15. The van der Waals surface area contributed by atoms with Crippen molar-refractivity contribution in [1.29, 1.82) is 0 Å². The van der Waals surface area contributed by atoms with E-state index in [1.807, 2.05) is 0 Å². The van der Waals surface area contributed by atoms with E-state index in [4.69, 9.17) is 0 Å². The quantitative estimate of drug-likeness (QED) is 0.745. The van der Waals surface area contributed by atoms with Crippen LogP contribution in [0.2, 0.25) is 0 Å². The molecule has 1 amide bonds. The molecule has 0 aromatic carbocycles. The van der Waals surface area contributed by atoms with Crippen LogP contribution in [0.5, 0.6) is 0 Å². The molecule has 0 atom stereocenters. The predicted octanol–water partition coefficient (Wildman–Crippen LogP) is 1.05. The third-order valence-electron chi connectivity index (χ3n) is 1.94. The minimum absolute atomic E-state index is 0.197. The van der Waals surface area contributed by atoms with Gasteiger partial charge in [-0.15, -0.1) is 11.8 Å². The smallest absolute Gasteiger partial charge is 0.359 e. The van der Waals surface area contributed by atoms with Crippen molar-refractivity contribution in [2.45, 2.75) is 4.90 Å². The number of thioether (sulfide) groups is 1. The molecule has 0 fully saturated rings. The Morgan fingerprint density at radius 2 is 2.44 bits per heavy atom. The number of fused-ring (bicyclic) bond motifs is 1. The third kappa shape index (κ3) is 1.85. The van der Waals surface area contributed by atoms with Crippen molar-refractivity contribution >= 4 is 29.5 Å². The first-order valence-corrected chi connectivity index (χ1v) is 5.32. The second kappa shape index (κ2) is 4.09. The summed E-state index contributed by atoms with van der Waals surface area (Å²) in [5, 5.41) is 2.46. The summed E-state index contributed by atoms with van der Waals surface area (Å²) in [6.07, 6.45) is 0. The fraction of sp³-hybridized carbons (Fsp3) is 0.222. The van der Waals surface area contributed by atoms with E-state index in [2.05, 4.69) is 15.0 Å². The summed E-state index contributed by atoms with van der Waals surface area (Å²) in [6.45, 7) is 0. The maximum Gasteiger partial charge on any atom is 0.359 e. The summed E-state index contributed by atoms with van der Waals surface area (Å²) in [6, 6.07) is 1.17. The van der Waals surface area contributed by atoms with E-state index in [1.165, 1.54) is 17.8 Å². The fourth-order valence-electron chi connectivity index (χ4n) is 1.22. The van der Waals surface area contributed by atoms with Crippen LogP contribution in [0.1, 0.15) is 10.5 Å². The number of pyridine rings is 1. The highest BCUT2D eigenvalue weighted by Gasteiger charge is 2.22. The number of amides is 1. The molecule has 2 rings (SSSR count). The van der Waals surface area contributed by atoms with E-state index in [1.54, 1.807) is 0 Å². The first-order chi connectivity index (χ1) is 7.61. The van der Waals surface area contributed by atoms with Crippen molar-refractivity contribution in [3.8, 4) is 0 Å². The Morgan fingerprint density at radius 3 is 3.12 bits per heavy atom. The van der Waals surface area contributed by atoms with Crippen molar-refractivity contribution in [1.82, 2.24) is 4.98 Å². The Balaban J connectivity index is 2.46. The van der Waals surface area contributed by atoms with Gasteiger partial charge in [0, 0.05) is 0 Å². The van der Waals surface area contributed by atoms with Crippen LogP contribution in [0.4, 0.5) is 10.2 Å². The molecule has 1 aromatic rings. The molecule has 1 N–H and O–H groups in total. The van der Waals surface area contributed by atoms with E-state index in [0.717, 1.165) is 7.11 Å². The minimum atomic E-state index is -0.870. The SMILES string of the molecule is COC(=O)c1nc2c(cc1F)SCC(=O)N2. The molecule has 5 nitrogen and oxygen atoms in total. The Kier molecular flexibility index (Phi) is 2.78. The highest BCUT2D eigenvalue weighted by atomic mass is 32.2. The molecule has 1 aliphatic rings. The molecule has 0 spiro atoms. The average Bonchev–Trinajstić information content (AvgIpc) is 2.28. The minimum Gasteiger partial charge on any atom is -0.464 e. The molecule has 0 bridgehead atoms. The van der Waals surface area contributed by atoms with Crippen LogP contribution in [0.3, 0.4) is 0 Å². The number of esters is 1. The van der Waals surface area contributed by atoms with Gasteiger partial charge < -0.3 is 10.1 Å². The summed E-state index contributed by atoms with van der Waals surface area (Å²) in [5.74, 6) is -1.44. The van der Waals surface area contributed by atoms with E-state index in [0.29, 0.717) is 4.90 Å². The number of nitrogens with zero attached hydrogens (tertiary/aromatic N) is 1. The number of aromatic nitrogens is 1. The predicted molar refractivity (Wildman–Crippen MR) is 54.9 cm³/mol. The van der Waals surface area contributed by atoms with Crippen LogP contribution in [0, 0.1) is 5.82 Å². The number of anilines is 1. The van der Waals surface area contributed by atoms with Crippen LogP contribution in [0.25, 0.3) is 0 Å². The Morgan fingerprint density at radius 1 is 1.69 bits per heavy atom. The molecule has 0 unspecified atom stereocenters. The van der Waals surface area contributed by atoms with Gasteiger partial charge in [0.15, 0.2) is 11.5 Å². The van der Waals surface area contributed by atoms with Crippen LogP contribution in [0.15, 0.2) is 11.0 Å². The van der Waals surface area contributed by atoms with Gasteiger partial charge in [-0.1, -0.05) is 0 Å². The lowest BCUT2D eigenvalue weighted by Crippen LogP contribution is -2.21. The summed E-state index contributed by atoms with van der Waals surface area (Å²) < 4.78 is 17.8. The zero-order chi connectivity index (χ0) is 11.7. The molecular weight excluding hydrogens is 235 g/mol. The average molecular weight is 242 g/mol. The van der Waals surface area contributed by atoms with Gasteiger partial charge >= 0.3 is 5.97 Å². The van der Waals surface area contributed by atoms with Crippen molar-refractivity contribution in [3.05, 3.63) is 17.6 Å². The van der Waals surface area contributed by atoms with Gasteiger partial charge in [-0.25, -0.2) is 14.2 Å². The molecule has 0 radical (unpaired) electrons. The van der Waals surface area contributed by atoms with Gasteiger partial charge in [0.2, 0.25) is 5.91 Å². The third-order valence-corrected chi connectivity index (χ3v) is 2.97. The molecular formula is C9H7FN2O3S. The number of carbonyl (C=O) groups excluding carboxylic acids is 2. The van der Waals surface area contributed by atoms with Crippen molar-refractivity contribution in [2.24, 2.45) is 0 Å². The Hall–Kier alpha value is -1.63. The maximum absolute atomic E-state index is 13.4. The molecule has 7 heteroatoms. The summed E-state index contributed by atoms with van der Waals surface area (Å²) >= 11 is 1.17. The molecule has 2 heterocycles. The number of ether oxygens (including phenoxy) is 1. The fourth-order valence-corrected chi connectivity index (χ4v) is 2.00. The maximum atomic E-state index is 13.4. The molecule has 0 saturated heterocycles. The highest BCUT2D eigenvalue weighted by molar-refractivity contribution is 8.00. The van der Waals surface area contributed by atoms with Crippen LogP contribution in [-0.4, -0.2) is 29.7 Å². The highest BCUT2D eigenvalue weighted by Crippen LogP contribution is 2.31. The van der Waals surface area contributed by atoms with Gasteiger partial charge in [-0.05, 0) is 6.07 Å². The zero-order valence-corrected chi connectivity index (χ0v) is 9.06. The van der Waals surface area contributed by atoms with Gasteiger partial charge in [-0.3, -0.25) is 4.79 Å². The normalized spacial score (nSPS) is 14.0. The topological polar surface area (TPSA) is 68.3 Å². The first-order valence-electron chi connectivity index (χ1n) is 4.33. The number of halogens is 1. The van der Waals surface area contributed by atoms with Gasteiger partial charge in [0.25, 0.3) is 0 Å². The standard InChI is InChI=1S/C9H7FN2O3S/c1-15-9(14)7-4(10)2-5-8(12-7)11-6(13)3-16-5/h2H,3H2,1H3,(H,11,12,13). The van der Waals surface area contributed by atoms with Crippen LogP contribution < -0.4 is 5.32 Å². The summed E-state index contributed by atoms with van der Waals surface area (Å²) in [5.41, 5.74) is -0.427. The lowest BCUT2D eigenvalue weighted by molar-refractivity contribution is -0.113. The van der Waals surface area contributed by atoms with Gasteiger partial charge in [0.1, 0.15) is 5.82 Å². The summed E-state index contributed by atoms with van der Waals surface area (Å²) in [7, 11) is 1.14. The van der Waals surface area contributed by atoms with E-state index in [-0.39, 0.29) is 17.5 Å². The first kappa shape index (κ1) is 10.9. The van der Waals surface area contributed by atoms with Crippen molar-refractivity contribution in [2.75, 3.05) is 18.2 Å². The van der Waals surface area contributed by atoms with Crippen molar-refractivity contribution < 1.29 is 18.7 Å². The molecule has 16 heavy (non-hydrogen) atoms. The zero-order valence-electron chi connectivity index (χ0n) is 8.24. The van der Waals surface area contributed by atoms with Crippen LogP contribution in [-0.2, 0) is 9.53 Å².